The maximum Gasteiger partial charge on any atom is 0.337 e. The van der Waals surface area contributed by atoms with Crippen LogP contribution in [0.4, 0.5) is 5.69 Å². The van der Waals surface area contributed by atoms with Crippen molar-refractivity contribution in [3.05, 3.63) is 57.3 Å². The molecule has 0 spiro atoms. The monoisotopic (exact) mass is 329 g/mol. The number of carboxylic acid groups (broad SMARTS) is 1. The second-order valence-electron chi connectivity index (χ2n) is 5.22. The lowest BCUT2D eigenvalue weighted by molar-refractivity contribution is 0.0698. The Labute approximate surface area is 139 Å². The summed E-state index contributed by atoms with van der Waals surface area (Å²) in [4.78, 5) is 25.3. The van der Waals surface area contributed by atoms with Crippen LogP contribution in [-0.2, 0) is 0 Å². The fourth-order valence-electron chi connectivity index (χ4n) is 2.35. The molecular formula is C18H19NO3S. The van der Waals surface area contributed by atoms with Crippen LogP contribution in [0.1, 0.15) is 50.7 Å². The number of aromatic carboxylic acids is 1. The lowest BCUT2D eigenvalue weighted by Crippen LogP contribution is -2.13. The van der Waals surface area contributed by atoms with E-state index in [4.69, 9.17) is 0 Å². The Hall–Kier alpha value is -2.40. The van der Waals surface area contributed by atoms with E-state index in [1.807, 2.05) is 19.9 Å². The van der Waals surface area contributed by atoms with Gasteiger partial charge in [-0.05, 0) is 49.6 Å². The molecule has 0 atom stereocenters. The van der Waals surface area contributed by atoms with Gasteiger partial charge in [-0.15, -0.1) is 11.3 Å². The number of nitrogens with one attached hydrogen (secondary N) is 1. The standard InChI is InChI=1S/C18H19NO3S/c1-4-7-11(2)16-12(3)10-15(23-16)17(20)19-14-9-6-5-8-13(14)18(21)22/h5-10H,4H2,1-3H3,(H,19,20)(H,21,22)/b11-7+. The maximum absolute atomic E-state index is 12.4. The minimum Gasteiger partial charge on any atom is -0.478 e. The predicted molar refractivity (Wildman–Crippen MR) is 94.4 cm³/mol. The number of thiophene rings is 1. The van der Waals surface area contributed by atoms with Gasteiger partial charge < -0.3 is 10.4 Å². The minimum absolute atomic E-state index is 0.0800. The zero-order valence-corrected chi connectivity index (χ0v) is 14.2. The number of allylic oxidation sites excluding steroid dienone is 2. The Morgan fingerprint density at radius 1 is 1.30 bits per heavy atom. The van der Waals surface area contributed by atoms with Gasteiger partial charge in [0.05, 0.1) is 16.1 Å². The summed E-state index contributed by atoms with van der Waals surface area (Å²) in [6, 6.07) is 8.22. The molecule has 0 aliphatic rings. The maximum atomic E-state index is 12.4. The zero-order chi connectivity index (χ0) is 17.0. The molecular weight excluding hydrogens is 310 g/mol. The highest BCUT2D eigenvalue weighted by molar-refractivity contribution is 7.15. The van der Waals surface area contributed by atoms with Crippen LogP contribution in [0, 0.1) is 6.92 Å². The van der Waals surface area contributed by atoms with E-state index in [9.17, 15) is 14.7 Å². The number of hydrogen-bond donors (Lipinski definition) is 2. The second kappa shape index (κ2) is 7.24. The molecule has 1 aromatic carbocycles. The van der Waals surface area contributed by atoms with Crippen LogP contribution in [-0.4, -0.2) is 17.0 Å². The first kappa shape index (κ1) is 17.0. The van der Waals surface area contributed by atoms with Gasteiger partial charge in [0.25, 0.3) is 5.91 Å². The summed E-state index contributed by atoms with van der Waals surface area (Å²) in [6.07, 6.45) is 3.07. The normalized spacial score (nSPS) is 11.3. The number of anilines is 1. The van der Waals surface area contributed by atoms with E-state index < -0.39 is 5.97 Å². The summed E-state index contributed by atoms with van der Waals surface area (Å²) in [6.45, 7) is 6.08. The topological polar surface area (TPSA) is 66.4 Å². The van der Waals surface area contributed by atoms with Crippen LogP contribution in [0.2, 0.25) is 0 Å². The predicted octanol–water partition coefficient (Wildman–Crippen LogP) is 4.82. The lowest BCUT2D eigenvalue weighted by atomic mass is 10.1. The van der Waals surface area contributed by atoms with E-state index in [1.54, 1.807) is 18.2 Å². The number of aryl methyl sites for hydroxylation is 1. The summed E-state index contributed by atoms with van der Waals surface area (Å²) >= 11 is 1.42. The van der Waals surface area contributed by atoms with Gasteiger partial charge in [-0.2, -0.15) is 0 Å². The number of hydrogen-bond acceptors (Lipinski definition) is 3. The van der Waals surface area contributed by atoms with Gasteiger partial charge in [0.1, 0.15) is 0 Å². The third kappa shape index (κ3) is 3.87. The SMILES string of the molecule is CC/C=C(\C)c1sc(C(=O)Nc2ccccc2C(=O)O)cc1C. The smallest absolute Gasteiger partial charge is 0.337 e. The number of rotatable bonds is 5. The molecule has 5 heteroatoms. The Morgan fingerprint density at radius 3 is 2.65 bits per heavy atom. The summed E-state index contributed by atoms with van der Waals surface area (Å²) in [5.41, 5.74) is 2.59. The van der Waals surface area contributed by atoms with Crippen molar-refractivity contribution in [3.8, 4) is 0 Å². The first-order chi connectivity index (χ1) is 10.9. The van der Waals surface area contributed by atoms with E-state index in [1.165, 1.54) is 17.4 Å². The Morgan fingerprint density at radius 2 is 2.00 bits per heavy atom. The van der Waals surface area contributed by atoms with Crippen LogP contribution >= 0.6 is 11.3 Å². The molecule has 0 aliphatic heterocycles. The second-order valence-corrected chi connectivity index (χ2v) is 6.28. The van der Waals surface area contributed by atoms with Crippen molar-refractivity contribution in [2.24, 2.45) is 0 Å². The van der Waals surface area contributed by atoms with Crippen LogP contribution in [0.3, 0.4) is 0 Å². The number of carboxylic acids is 1. The molecule has 0 unspecified atom stereocenters. The average Bonchev–Trinajstić information content (AvgIpc) is 2.90. The Kier molecular flexibility index (Phi) is 5.34. The lowest BCUT2D eigenvalue weighted by Gasteiger charge is -2.06. The van der Waals surface area contributed by atoms with Crippen molar-refractivity contribution in [2.75, 3.05) is 5.32 Å². The summed E-state index contributed by atoms with van der Waals surface area (Å²) in [5.74, 6) is -1.35. The minimum atomic E-state index is -1.06. The highest BCUT2D eigenvalue weighted by atomic mass is 32.1. The average molecular weight is 329 g/mol. The summed E-state index contributed by atoms with van der Waals surface area (Å²) < 4.78 is 0. The van der Waals surface area contributed by atoms with Crippen molar-refractivity contribution in [3.63, 3.8) is 0 Å². The van der Waals surface area contributed by atoms with Crippen LogP contribution in [0.5, 0.6) is 0 Å². The molecule has 0 bridgehead atoms. The van der Waals surface area contributed by atoms with Crippen molar-refractivity contribution in [1.82, 2.24) is 0 Å². The van der Waals surface area contributed by atoms with Gasteiger partial charge >= 0.3 is 5.97 Å². The number of amides is 1. The molecule has 0 aliphatic carbocycles. The molecule has 0 saturated carbocycles. The molecule has 2 N–H and O–H groups in total. The Bertz CT molecular complexity index is 774. The number of carbonyl (C=O) groups excluding carboxylic acids is 1. The van der Waals surface area contributed by atoms with Crippen molar-refractivity contribution in [2.45, 2.75) is 27.2 Å². The third-order valence-corrected chi connectivity index (χ3v) is 4.79. The van der Waals surface area contributed by atoms with Gasteiger partial charge in [-0.25, -0.2) is 4.79 Å². The first-order valence-corrected chi connectivity index (χ1v) is 8.17. The molecule has 120 valence electrons. The summed E-state index contributed by atoms with van der Waals surface area (Å²) in [7, 11) is 0. The molecule has 2 aromatic rings. The fraction of sp³-hybridized carbons (Fsp3) is 0.222. The number of para-hydroxylation sites is 1. The highest BCUT2D eigenvalue weighted by Gasteiger charge is 2.16. The molecule has 0 saturated heterocycles. The zero-order valence-electron chi connectivity index (χ0n) is 13.3. The van der Waals surface area contributed by atoms with Gasteiger partial charge in [0.2, 0.25) is 0 Å². The molecule has 1 aromatic heterocycles. The van der Waals surface area contributed by atoms with Crippen molar-refractivity contribution >= 4 is 34.5 Å². The number of carbonyl (C=O) groups is 2. The third-order valence-electron chi connectivity index (χ3n) is 3.42. The van der Waals surface area contributed by atoms with Crippen LogP contribution < -0.4 is 5.32 Å². The van der Waals surface area contributed by atoms with E-state index in [0.29, 0.717) is 10.6 Å². The van der Waals surface area contributed by atoms with E-state index >= 15 is 0 Å². The van der Waals surface area contributed by atoms with Crippen molar-refractivity contribution in [1.29, 1.82) is 0 Å². The fourth-order valence-corrected chi connectivity index (χ4v) is 3.41. The van der Waals surface area contributed by atoms with E-state index in [0.717, 1.165) is 22.4 Å². The number of benzene rings is 1. The van der Waals surface area contributed by atoms with Crippen LogP contribution in [0.15, 0.2) is 36.4 Å². The van der Waals surface area contributed by atoms with E-state index in [2.05, 4.69) is 18.3 Å². The molecule has 0 radical (unpaired) electrons. The molecule has 4 nitrogen and oxygen atoms in total. The molecule has 0 fully saturated rings. The van der Waals surface area contributed by atoms with Gasteiger partial charge in [0, 0.05) is 4.88 Å². The molecule has 23 heavy (non-hydrogen) atoms. The largest absolute Gasteiger partial charge is 0.478 e. The molecule has 1 amide bonds. The first-order valence-electron chi connectivity index (χ1n) is 7.35. The summed E-state index contributed by atoms with van der Waals surface area (Å²) in [5, 5.41) is 11.9. The van der Waals surface area contributed by atoms with Gasteiger partial charge in [-0.1, -0.05) is 25.1 Å². The highest BCUT2D eigenvalue weighted by Crippen LogP contribution is 2.29. The van der Waals surface area contributed by atoms with Crippen molar-refractivity contribution < 1.29 is 14.7 Å². The van der Waals surface area contributed by atoms with Gasteiger partial charge in [0.15, 0.2) is 0 Å². The van der Waals surface area contributed by atoms with Crippen LogP contribution in [0.25, 0.3) is 5.57 Å². The molecule has 2 rings (SSSR count). The molecule has 1 heterocycles. The quantitative estimate of drug-likeness (QED) is 0.826. The van der Waals surface area contributed by atoms with E-state index in [-0.39, 0.29) is 11.5 Å². The van der Waals surface area contributed by atoms with Gasteiger partial charge in [-0.3, -0.25) is 4.79 Å². The Balaban J connectivity index is 2.28.